The lowest BCUT2D eigenvalue weighted by atomic mass is 10.0. The van der Waals surface area contributed by atoms with E-state index in [0.717, 1.165) is 33.8 Å². The number of non-ortho nitro benzene ring substituents is 1. The van der Waals surface area contributed by atoms with Crippen LogP contribution in [0.2, 0.25) is 10.0 Å². The molecule has 7 nitrogen and oxygen atoms in total. The van der Waals surface area contributed by atoms with Gasteiger partial charge in [-0.1, -0.05) is 47.5 Å². The Morgan fingerprint density at radius 3 is 2.33 bits per heavy atom. The highest BCUT2D eigenvalue weighted by Crippen LogP contribution is 2.31. The molecule has 5 aromatic rings. The van der Waals surface area contributed by atoms with Gasteiger partial charge in [0.05, 0.1) is 15.6 Å². The Hall–Kier alpha value is -4.20. The van der Waals surface area contributed by atoms with Crippen molar-refractivity contribution < 1.29 is 4.92 Å². The zero-order valence-electron chi connectivity index (χ0n) is 18.7. The lowest BCUT2D eigenvalue weighted by Crippen LogP contribution is -2.03. The second kappa shape index (κ2) is 9.81. The summed E-state index contributed by atoms with van der Waals surface area (Å²) in [4.78, 5) is 29.8. The first kappa shape index (κ1) is 23.5. The molecule has 0 saturated heterocycles. The standard InChI is InChI=1S/C27H18Cl2N4O3/c28-20-5-10-23(24(29)15-20)25-16-32(21-6-8-22(9-7-21)33(35)36)26(31-25)13-17-1-3-18(4-2-17)19-11-12-30-27(34)14-19/h1-12,14-16H,13H2,(H,30,34). The quantitative estimate of drug-likeness (QED) is 0.200. The molecule has 0 unspecified atom stereocenters. The average molecular weight is 517 g/mol. The first-order valence-electron chi connectivity index (χ1n) is 10.9. The van der Waals surface area contributed by atoms with Gasteiger partial charge in [-0.2, -0.15) is 0 Å². The number of hydrogen-bond acceptors (Lipinski definition) is 4. The molecule has 0 saturated carbocycles. The summed E-state index contributed by atoms with van der Waals surface area (Å²) in [6.07, 6.45) is 3.98. The third kappa shape index (κ3) is 4.93. The lowest BCUT2D eigenvalue weighted by Gasteiger charge is -2.08. The van der Waals surface area contributed by atoms with Crippen LogP contribution in [0.3, 0.4) is 0 Å². The number of benzene rings is 3. The maximum Gasteiger partial charge on any atom is 0.269 e. The van der Waals surface area contributed by atoms with Crippen LogP contribution in [0.4, 0.5) is 5.69 Å². The highest BCUT2D eigenvalue weighted by molar-refractivity contribution is 6.36. The number of nitro benzene ring substituents is 1. The smallest absolute Gasteiger partial charge is 0.269 e. The number of aromatic nitrogens is 3. The summed E-state index contributed by atoms with van der Waals surface area (Å²) in [5, 5.41) is 12.1. The predicted molar refractivity (Wildman–Crippen MR) is 141 cm³/mol. The van der Waals surface area contributed by atoms with Gasteiger partial charge < -0.3 is 9.55 Å². The van der Waals surface area contributed by atoms with E-state index in [4.69, 9.17) is 28.2 Å². The number of aromatic amines is 1. The molecular formula is C27H18Cl2N4O3. The Labute approximate surface area is 215 Å². The summed E-state index contributed by atoms with van der Waals surface area (Å²) < 4.78 is 1.90. The predicted octanol–water partition coefficient (Wildman–Crippen LogP) is 6.70. The van der Waals surface area contributed by atoms with Crippen LogP contribution in [0.25, 0.3) is 28.1 Å². The Kier molecular flexibility index (Phi) is 6.41. The number of halogens is 2. The summed E-state index contributed by atoms with van der Waals surface area (Å²) in [5.41, 5.74) is 4.74. The fourth-order valence-corrected chi connectivity index (χ4v) is 4.46. The van der Waals surface area contributed by atoms with Gasteiger partial charge in [0.2, 0.25) is 5.56 Å². The van der Waals surface area contributed by atoms with Gasteiger partial charge in [-0.3, -0.25) is 14.9 Å². The van der Waals surface area contributed by atoms with Crippen molar-refractivity contribution in [2.45, 2.75) is 6.42 Å². The van der Waals surface area contributed by atoms with E-state index in [2.05, 4.69) is 4.98 Å². The molecule has 0 bridgehead atoms. The zero-order valence-corrected chi connectivity index (χ0v) is 20.2. The van der Waals surface area contributed by atoms with Crippen LogP contribution in [0.1, 0.15) is 11.4 Å². The van der Waals surface area contributed by atoms with Crippen molar-refractivity contribution in [3.05, 3.63) is 133 Å². The van der Waals surface area contributed by atoms with E-state index in [1.54, 1.807) is 36.5 Å². The number of nitrogens with one attached hydrogen (secondary N) is 1. The van der Waals surface area contributed by atoms with Gasteiger partial charge in [0.1, 0.15) is 5.82 Å². The molecule has 5 rings (SSSR count). The third-order valence-corrected chi connectivity index (χ3v) is 6.30. The van der Waals surface area contributed by atoms with E-state index >= 15 is 0 Å². The number of H-pyrrole nitrogens is 1. The van der Waals surface area contributed by atoms with Crippen molar-refractivity contribution in [3.63, 3.8) is 0 Å². The second-order valence-electron chi connectivity index (χ2n) is 8.13. The Bertz CT molecular complexity index is 1620. The molecular weight excluding hydrogens is 499 g/mol. The Morgan fingerprint density at radius 2 is 1.67 bits per heavy atom. The highest BCUT2D eigenvalue weighted by Gasteiger charge is 2.15. The molecule has 3 aromatic carbocycles. The van der Waals surface area contributed by atoms with Crippen molar-refractivity contribution in [1.82, 2.24) is 14.5 Å². The average Bonchev–Trinajstić information content (AvgIpc) is 3.28. The van der Waals surface area contributed by atoms with Gasteiger partial charge in [0.25, 0.3) is 5.69 Å². The van der Waals surface area contributed by atoms with E-state index in [9.17, 15) is 14.9 Å². The minimum absolute atomic E-state index is 0.0109. The number of hydrogen-bond donors (Lipinski definition) is 1. The van der Waals surface area contributed by atoms with Crippen LogP contribution < -0.4 is 5.56 Å². The van der Waals surface area contributed by atoms with Crippen molar-refractivity contribution in [1.29, 1.82) is 0 Å². The molecule has 0 aliphatic carbocycles. The molecule has 1 N–H and O–H groups in total. The summed E-state index contributed by atoms with van der Waals surface area (Å²) >= 11 is 12.5. The van der Waals surface area contributed by atoms with Crippen LogP contribution in [-0.4, -0.2) is 19.5 Å². The molecule has 36 heavy (non-hydrogen) atoms. The van der Waals surface area contributed by atoms with E-state index in [0.29, 0.717) is 22.2 Å². The van der Waals surface area contributed by atoms with Crippen LogP contribution in [-0.2, 0) is 6.42 Å². The molecule has 0 radical (unpaired) electrons. The summed E-state index contributed by atoms with van der Waals surface area (Å²) in [6.45, 7) is 0. The van der Waals surface area contributed by atoms with Crippen molar-refractivity contribution >= 4 is 28.9 Å². The van der Waals surface area contributed by atoms with Crippen LogP contribution >= 0.6 is 23.2 Å². The first-order chi connectivity index (χ1) is 17.4. The van der Waals surface area contributed by atoms with Gasteiger partial charge in [0, 0.05) is 53.3 Å². The number of nitrogens with zero attached hydrogens (tertiary/aromatic N) is 3. The van der Waals surface area contributed by atoms with Crippen LogP contribution in [0.15, 0.2) is 96.1 Å². The molecule has 0 spiro atoms. The highest BCUT2D eigenvalue weighted by atomic mass is 35.5. The summed E-state index contributed by atoms with van der Waals surface area (Å²) in [6, 6.07) is 22.8. The Balaban J connectivity index is 1.53. The number of pyridine rings is 1. The normalized spacial score (nSPS) is 10.9. The minimum atomic E-state index is -0.431. The summed E-state index contributed by atoms with van der Waals surface area (Å²) in [7, 11) is 0. The van der Waals surface area contributed by atoms with Gasteiger partial charge >= 0.3 is 0 Å². The second-order valence-corrected chi connectivity index (χ2v) is 8.97. The number of imidazole rings is 1. The van der Waals surface area contributed by atoms with E-state index in [1.165, 1.54) is 12.1 Å². The molecule has 9 heteroatoms. The van der Waals surface area contributed by atoms with E-state index < -0.39 is 4.92 Å². The SMILES string of the molecule is O=c1cc(-c2ccc(Cc3nc(-c4ccc(Cl)cc4Cl)cn3-c3ccc([N+](=O)[O-])cc3)cc2)cc[nH]1. The minimum Gasteiger partial charge on any atom is -0.329 e. The molecule has 0 fully saturated rings. The number of nitro groups is 1. The first-order valence-corrected chi connectivity index (χ1v) is 11.7. The fraction of sp³-hybridized carbons (Fsp3) is 0.0370. The maximum absolute atomic E-state index is 11.6. The molecule has 0 amide bonds. The topological polar surface area (TPSA) is 93.8 Å². The fourth-order valence-electron chi connectivity index (χ4n) is 3.95. The van der Waals surface area contributed by atoms with Crippen LogP contribution in [0, 0.1) is 10.1 Å². The van der Waals surface area contributed by atoms with Gasteiger partial charge in [-0.25, -0.2) is 4.98 Å². The molecule has 178 valence electrons. The summed E-state index contributed by atoms with van der Waals surface area (Å²) in [5.74, 6) is 0.730. The maximum atomic E-state index is 11.6. The number of rotatable bonds is 6. The largest absolute Gasteiger partial charge is 0.329 e. The lowest BCUT2D eigenvalue weighted by molar-refractivity contribution is -0.384. The molecule has 2 heterocycles. The monoisotopic (exact) mass is 516 g/mol. The van der Waals surface area contributed by atoms with Gasteiger partial charge in [-0.15, -0.1) is 0 Å². The van der Waals surface area contributed by atoms with Crippen molar-refractivity contribution in [2.24, 2.45) is 0 Å². The molecule has 2 aromatic heterocycles. The Morgan fingerprint density at radius 1 is 0.917 bits per heavy atom. The van der Waals surface area contributed by atoms with Crippen molar-refractivity contribution in [3.8, 4) is 28.1 Å². The van der Waals surface area contributed by atoms with Gasteiger partial charge in [-0.05, 0) is 53.1 Å². The zero-order chi connectivity index (χ0) is 25.2. The van der Waals surface area contributed by atoms with Gasteiger partial charge in [0.15, 0.2) is 0 Å². The van der Waals surface area contributed by atoms with Crippen LogP contribution in [0.5, 0.6) is 0 Å². The van der Waals surface area contributed by atoms with E-state index in [1.807, 2.05) is 47.2 Å². The molecule has 0 atom stereocenters. The molecule has 0 aliphatic heterocycles. The van der Waals surface area contributed by atoms with Crippen molar-refractivity contribution in [2.75, 3.05) is 0 Å². The third-order valence-electron chi connectivity index (χ3n) is 5.75. The molecule has 0 aliphatic rings. The van der Waals surface area contributed by atoms with E-state index in [-0.39, 0.29) is 11.2 Å².